The second-order valence-corrected chi connectivity index (χ2v) is 6.83. The molecule has 1 aromatic heterocycles. The van der Waals surface area contributed by atoms with Gasteiger partial charge in [-0.15, -0.1) is 21.5 Å². The van der Waals surface area contributed by atoms with Crippen molar-refractivity contribution in [1.82, 2.24) is 15.1 Å². The lowest BCUT2D eigenvalue weighted by molar-refractivity contribution is 0.0707. The van der Waals surface area contributed by atoms with Gasteiger partial charge in [0.15, 0.2) is 0 Å². The third kappa shape index (κ3) is 3.13. The summed E-state index contributed by atoms with van der Waals surface area (Å²) in [6, 6.07) is 7.80. The maximum Gasteiger partial charge on any atom is 0.253 e. The SMILES string of the molecule is Cc1ccc(C(=O)N2CCC[C@@H](c3nnc(C)s3)C2)cc1. The Bertz CT molecular complexity index is 635. The molecule has 1 aliphatic heterocycles. The van der Waals surface area contributed by atoms with E-state index in [0.29, 0.717) is 5.92 Å². The van der Waals surface area contributed by atoms with Crippen LogP contribution in [-0.4, -0.2) is 34.1 Å². The van der Waals surface area contributed by atoms with Crippen molar-refractivity contribution in [3.8, 4) is 0 Å². The fraction of sp³-hybridized carbons (Fsp3) is 0.438. The number of benzene rings is 1. The molecule has 0 aliphatic carbocycles. The van der Waals surface area contributed by atoms with E-state index < -0.39 is 0 Å². The highest BCUT2D eigenvalue weighted by molar-refractivity contribution is 7.11. The molecule has 3 rings (SSSR count). The molecule has 1 aliphatic rings. The van der Waals surface area contributed by atoms with Crippen molar-refractivity contribution < 1.29 is 4.79 Å². The number of piperidine rings is 1. The molecule has 0 unspecified atom stereocenters. The molecule has 0 saturated carbocycles. The van der Waals surface area contributed by atoms with Gasteiger partial charge in [-0.1, -0.05) is 17.7 Å². The zero-order chi connectivity index (χ0) is 14.8. The molecule has 110 valence electrons. The molecule has 0 bridgehead atoms. The number of hydrogen-bond donors (Lipinski definition) is 0. The summed E-state index contributed by atoms with van der Waals surface area (Å²) >= 11 is 1.65. The van der Waals surface area contributed by atoms with Crippen LogP contribution in [0.5, 0.6) is 0 Å². The van der Waals surface area contributed by atoms with Gasteiger partial charge in [0.25, 0.3) is 5.91 Å². The summed E-state index contributed by atoms with van der Waals surface area (Å²) < 4.78 is 0. The van der Waals surface area contributed by atoms with Crippen molar-refractivity contribution in [3.05, 3.63) is 45.4 Å². The van der Waals surface area contributed by atoms with Crippen LogP contribution in [0.4, 0.5) is 0 Å². The first-order chi connectivity index (χ1) is 10.1. The zero-order valence-electron chi connectivity index (χ0n) is 12.4. The highest BCUT2D eigenvalue weighted by Gasteiger charge is 2.27. The number of rotatable bonds is 2. The number of carbonyl (C=O) groups is 1. The number of amides is 1. The summed E-state index contributed by atoms with van der Waals surface area (Å²) in [5.41, 5.74) is 1.95. The highest BCUT2D eigenvalue weighted by atomic mass is 32.1. The van der Waals surface area contributed by atoms with Crippen LogP contribution in [0.1, 0.15) is 44.7 Å². The molecule has 0 spiro atoms. The van der Waals surface area contributed by atoms with E-state index in [2.05, 4.69) is 10.2 Å². The van der Waals surface area contributed by atoms with Crippen LogP contribution in [0.15, 0.2) is 24.3 Å². The zero-order valence-corrected chi connectivity index (χ0v) is 13.2. The Morgan fingerprint density at radius 2 is 2.00 bits per heavy atom. The third-order valence-electron chi connectivity index (χ3n) is 3.90. The molecule has 1 fully saturated rings. The van der Waals surface area contributed by atoms with Crippen LogP contribution in [0.25, 0.3) is 0 Å². The third-order valence-corrected chi connectivity index (χ3v) is 4.90. The Hall–Kier alpha value is -1.75. The van der Waals surface area contributed by atoms with Crippen LogP contribution < -0.4 is 0 Å². The van der Waals surface area contributed by atoms with E-state index in [1.165, 1.54) is 5.56 Å². The van der Waals surface area contributed by atoms with Gasteiger partial charge in [-0.3, -0.25) is 4.79 Å². The van der Waals surface area contributed by atoms with Gasteiger partial charge in [0.1, 0.15) is 10.0 Å². The van der Waals surface area contributed by atoms with Gasteiger partial charge in [0.2, 0.25) is 0 Å². The van der Waals surface area contributed by atoms with Crippen molar-refractivity contribution in [2.45, 2.75) is 32.6 Å². The van der Waals surface area contributed by atoms with Gasteiger partial charge in [-0.2, -0.15) is 0 Å². The van der Waals surface area contributed by atoms with Crippen LogP contribution in [0, 0.1) is 13.8 Å². The van der Waals surface area contributed by atoms with Gasteiger partial charge in [0, 0.05) is 24.6 Å². The second kappa shape index (κ2) is 5.93. The fourth-order valence-electron chi connectivity index (χ4n) is 2.72. The minimum Gasteiger partial charge on any atom is -0.338 e. The lowest BCUT2D eigenvalue weighted by Gasteiger charge is -2.31. The van der Waals surface area contributed by atoms with E-state index in [4.69, 9.17) is 0 Å². The van der Waals surface area contributed by atoms with E-state index in [9.17, 15) is 4.79 Å². The summed E-state index contributed by atoms with van der Waals surface area (Å²) in [6.45, 7) is 5.59. The van der Waals surface area contributed by atoms with E-state index in [1.54, 1.807) is 11.3 Å². The van der Waals surface area contributed by atoms with Gasteiger partial charge in [-0.25, -0.2) is 0 Å². The van der Waals surface area contributed by atoms with Gasteiger partial charge in [-0.05, 0) is 38.8 Å². The molecule has 1 atom stereocenters. The number of nitrogens with zero attached hydrogens (tertiary/aromatic N) is 3. The second-order valence-electron chi connectivity index (χ2n) is 5.62. The number of hydrogen-bond acceptors (Lipinski definition) is 4. The molecule has 2 heterocycles. The van der Waals surface area contributed by atoms with Crippen molar-refractivity contribution >= 4 is 17.2 Å². The lowest BCUT2D eigenvalue weighted by Crippen LogP contribution is -2.39. The summed E-state index contributed by atoms with van der Waals surface area (Å²) in [5.74, 6) is 0.459. The average Bonchev–Trinajstić information content (AvgIpc) is 2.94. The number of aromatic nitrogens is 2. The Morgan fingerprint density at radius 3 is 2.67 bits per heavy atom. The maximum atomic E-state index is 12.6. The highest BCUT2D eigenvalue weighted by Crippen LogP contribution is 2.29. The van der Waals surface area contributed by atoms with Crippen LogP contribution in [0.3, 0.4) is 0 Å². The average molecular weight is 301 g/mol. The molecule has 21 heavy (non-hydrogen) atoms. The van der Waals surface area contributed by atoms with Gasteiger partial charge in [0.05, 0.1) is 0 Å². The smallest absolute Gasteiger partial charge is 0.253 e. The lowest BCUT2D eigenvalue weighted by atomic mass is 9.98. The normalized spacial score (nSPS) is 18.8. The first kappa shape index (κ1) is 14.2. The summed E-state index contributed by atoms with van der Waals surface area (Å²) in [7, 11) is 0. The number of likely N-dealkylation sites (tertiary alicyclic amines) is 1. The molecule has 0 radical (unpaired) electrons. The molecule has 1 saturated heterocycles. The first-order valence-electron chi connectivity index (χ1n) is 7.29. The largest absolute Gasteiger partial charge is 0.338 e. The minimum absolute atomic E-state index is 0.126. The standard InChI is InChI=1S/C16H19N3OS/c1-11-5-7-13(8-6-11)16(20)19-9-3-4-14(10-19)15-18-17-12(2)21-15/h5-8,14H,3-4,9-10H2,1-2H3/t14-/m1/s1. The molecular formula is C16H19N3OS. The van der Waals surface area contributed by atoms with Crippen molar-refractivity contribution in [1.29, 1.82) is 0 Å². The Kier molecular flexibility index (Phi) is 4.01. The van der Waals surface area contributed by atoms with Gasteiger partial charge >= 0.3 is 0 Å². The molecule has 1 amide bonds. The van der Waals surface area contributed by atoms with E-state index in [1.807, 2.05) is 43.0 Å². The van der Waals surface area contributed by atoms with Crippen molar-refractivity contribution in [2.75, 3.05) is 13.1 Å². The van der Waals surface area contributed by atoms with Crippen LogP contribution in [-0.2, 0) is 0 Å². The summed E-state index contributed by atoms with van der Waals surface area (Å²) in [4.78, 5) is 14.5. The van der Waals surface area contributed by atoms with Crippen molar-refractivity contribution in [2.24, 2.45) is 0 Å². The Morgan fingerprint density at radius 1 is 1.24 bits per heavy atom. The molecule has 4 nitrogen and oxygen atoms in total. The molecule has 5 heteroatoms. The monoisotopic (exact) mass is 301 g/mol. The maximum absolute atomic E-state index is 12.6. The predicted octanol–water partition coefficient (Wildman–Crippen LogP) is 3.17. The first-order valence-corrected chi connectivity index (χ1v) is 8.11. The quantitative estimate of drug-likeness (QED) is 0.856. The summed E-state index contributed by atoms with van der Waals surface area (Å²) in [5, 5.41) is 10.4. The molecular weight excluding hydrogens is 282 g/mol. The van der Waals surface area contributed by atoms with Crippen LogP contribution in [0.2, 0.25) is 0 Å². The van der Waals surface area contributed by atoms with E-state index >= 15 is 0 Å². The fourth-order valence-corrected chi connectivity index (χ4v) is 3.54. The van der Waals surface area contributed by atoms with Gasteiger partial charge < -0.3 is 4.90 Å². The van der Waals surface area contributed by atoms with E-state index in [-0.39, 0.29) is 5.91 Å². The van der Waals surface area contributed by atoms with Crippen LogP contribution >= 0.6 is 11.3 Å². The van der Waals surface area contributed by atoms with Crippen molar-refractivity contribution in [3.63, 3.8) is 0 Å². The molecule has 1 aromatic carbocycles. The number of aryl methyl sites for hydroxylation is 2. The molecule has 0 N–H and O–H groups in total. The predicted molar refractivity (Wildman–Crippen MR) is 83.7 cm³/mol. The number of carbonyl (C=O) groups excluding carboxylic acids is 1. The topological polar surface area (TPSA) is 46.1 Å². The Balaban J connectivity index is 1.73. The summed E-state index contributed by atoms with van der Waals surface area (Å²) in [6.07, 6.45) is 2.12. The minimum atomic E-state index is 0.126. The molecule has 2 aromatic rings. The Labute approximate surface area is 128 Å². The van der Waals surface area contributed by atoms with E-state index in [0.717, 1.165) is 41.5 Å².